The Bertz CT molecular complexity index is 613. The molecule has 8 heteroatoms. The molecule has 0 radical (unpaired) electrons. The van der Waals surface area contributed by atoms with E-state index in [9.17, 15) is 18.3 Å². The van der Waals surface area contributed by atoms with Crippen LogP contribution in [0.3, 0.4) is 0 Å². The molecule has 0 heterocycles. The third-order valence-electron chi connectivity index (χ3n) is 3.16. The summed E-state index contributed by atoms with van der Waals surface area (Å²) < 4.78 is 26.9. The highest BCUT2D eigenvalue weighted by Gasteiger charge is 2.26. The number of nitrogens with one attached hydrogen (secondary N) is 1. The van der Waals surface area contributed by atoms with Crippen LogP contribution >= 0.6 is 0 Å². The van der Waals surface area contributed by atoms with Crippen molar-refractivity contribution in [2.45, 2.75) is 25.7 Å². The fourth-order valence-corrected chi connectivity index (χ4v) is 3.84. The van der Waals surface area contributed by atoms with Crippen LogP contribution in [-0.4, -0.2) is 48.7 Å². The second kappa shape index (κ2) is 8.16. The largest absolute Gasteiger partial charge is 0.508 e. The lowest BCUT2D eigenvalue weighted by Gasteiger charge is -2.26. The summed E-state index contributed by atoms with van der Waals surface area (Å²) in [5.74, 6) is -0.0448. The number of benzene rings is 1. The Balaban J connectivity index is 2.95. The first kappa shape index (κ1) is 19.2. The average Bonchev–Trinajstić information content (AvgIpc) is 2.44. The summed E-state index contributed by atoms with van der Waals surface area (Å²) >= 11 is 0. The molecule has 0 saturated carbocycles. The topological polar surface area (TPSA) is 107 Å². The molecule has 23 heavy (non-hydrogen) atoms. The van der Waals surface area contributed by atoms with Crippen LogP contribution in [-0.2, 0) is 10.0 Å². The predicted octanol–water partition coefficient (Wildman–Crippen LogP) is 1.94. The van der Waals surface area contributed by atoms with Crippen LogP contribution < -0.4 is 5.32 Å². The van der Waals surface area contributed by atoms with Gasteiger partial charge in [0.2, 0.25) is 10.0 Å². The normalized spacial score (nSPS) is 13.3. The maximum absolute atomic E-state index is 12.8. The zero-order valence-electron chi connectivity index (χ0n) is 13.6. The number of rotatable bonds is 8. The summed E-state index contributed by atoms with van der Waals surface area (Å²) in [6.45, 7) is 6.34. The van der Waals surface area contributed by atoms with Gasteiger partial charge in [-0.15, -0.1) is 0 Å². The SMILES string of the molecule is CC(C)CN(CC(C)CNC(=O)O)S(=O)(=O)c1ccc(O)cc1. The highest BCUT2D eigenvalue weighted by atomic mass is 32.2. The van der Waals surface area contributed by atoms with Gasteiger partial charge < -0.3 is 15.5 Å². The number of aromatic hydroxyl groups is 1. The molecular weight excluding hydrogens is 320 g/mol. The minimum Gasteiger partial charge on any atom is -0.508 e. The van der Waals surface area contributed by atoms with Gasteiger partial charge in [0.1, 0.15) is 5.75 Å². The maximum Gasteiger partial charge on any atom is 0.404 e. The van der Waals surface area contributed by atoms with Crippen molar-refractivity contribution in [2.24, 2.45) is 11.8 Å². The molecule has 1 unspecified atom stereocenters. The van der Waals surface area contributed by atoms with Crippen molar-refractivity contribution >= 4 is 16.1 Å². The monoisotopic (exact) mass is 344 g/mol. The molecule has 1 aromatic rings. The molecule has 0 aliphatic heterocycles. The third-order valence-corrected chi connectivity index (χ3v) is 5.01. The Labute approximate surface area is 137 Å². The van der Waals surface area contributed by atoms with Crippen LogP contribution in [0.15, 0.2) is 29.2 Å². The maximum atomic E-state index is 12.8. The van der Waals surface area contributed by atoms with Crippen LogP contribution in [0.5, 0.6) is 5.75 Å². The molecular formula is C15H24N2O5S. The van der Waals surface area contributed by atoms with Crippen LogP contribution in [0, 0.1) is 11.8 Å². The van der Waals surface area contributed by atoms with Crippen molar-refractivity contribution in [2.75, 3.05) is 19.6 Å². The van der Waals surface area contributed by atoms with Crippen molar-refractivity contribution in [3.63, 3.8) is 0 Å². The van der Waals surface area contributed by atoms with Gasteiger partial charge in [0.05, 0.1) is 4.90 Å². The fourth-order valence-electron chi connectivity index (χ4n) is 2.12. The second-order valence-electron chi connectivity index (χ2n) is 6.00. The van der Waals surface area contributed by atoms with E-state index in [2.05, 4.69) is 5.32 Å². The van der Waals surface area contributed by atoms with Crippen molar-refractivity contribution in [1.82, 2.24) is 9.62 Å². The van der Waals surface area contributed by atoms with Gasteiger partial charge in [-0.05, 0) is 36.1 Å². The summed E-state index contributed by atoms with van der Waals surface area (Å²) in [5, 5.41) is 20.2. The summed E-state index contributed by atoms with van der Waals surface area (Å²) in [4.78, 5) is 10.7. The van der Waals surface area contributed by atoms with Crippen molar-refractivity contribution in [3.05, 3.63) is 24.3 Å². The van der Waals surface area contributed by atoms with E-state index in [0.29, 0.717) is 6.54 Å². The van der Waals surface area contributed by atoms with Gasteiger partial charge in [0.15, 0.2) is 0 Å². The third kappa shape index (κ3) is 6.07. The number of phenolic OH excluding ortho intramolecular Hbond substituents is 1. The van der Waals surface area contributed by atoms with E-state index in [0.717, 1.165) is 0 Å². The molecule has 0 spiro atoms. The number of phenols is 1. The molecule has 1 aromatic carbocycles. The first-order valence-electron chi connectivity index (χ1n) is 7.39. The second-order valence-corrected chi connectivity index (χ2v) is 7.94. The summed E-state index contributed by atoms with van der Waals surface area (Å²) in [7, 11) is -3.70. The van der Waals surface area contributed by atoms with Gasteiger partial charge in [-0.2, -0.15) is 4.31 Å². The molecule has 0 aliphatic carbocycles. The van der Waals surface area contributed by atoms with Gasteiger partial charge in [-0.3, -0.25) is 0 Å². The molecule has 0 aromatic heterocycles. The molecule has 0 fully saturated rings. The van der Waals surface area contributed by atoms with E-state index in [1.165, 1.54) is 28.6 Å². The Morgan fingerprint density at radius 2 is 1.74 bits per heavy atom. The predicted molar refractivity (Wildman–Crippen MR) is 86.9 cm³/mol. The minimum absolute atomic E-state index is 0.00149. The van der Waals surface area contributed by atoms with E-state index < -0.39 is 16.1 Å². The summed E-state index contributed by atoms with van der Waals surface area (Å²) in [6, 6.07) is 5.38. The molecule has 1 amide bonds. The van der Waals surface area contributed by atoms with Crippen LogP contribution in [0.1, 0.15) is 20.8 Å². The minimum atomic E-state index is -3.70. The number of nitrogens with zero attached hydrogens (tertiary/aromatic N) is 1. The number of hydrogen-bond acceptors (Lipinski definition) is 4. The van der Waals surface area contributed by atoms with E-state index >= 15 is 0 Å². The summed E-state index contributed by atoms with van der Waals surface area (Å²) in [5.41, 5.74) is 0. The Morgan fingerprint density at radius 3 is 2.22 bits per heavy atom. The highest BCUT2D eigenvalue weighted by Crippen LogP contribution is 2.21. The quantitative estimate of drug-likeness (QED) is 0.668. The highest BCUT2D eigenvalue weighted by molar-refractivity contribution is 7.89. The van der Waals surface area contributed by atoms with E-state index in [1.54, 1.807) is 6.92 Å². The van der Waals surface area contributed by atoms with Gasteiger partial charge in [-0.1, -0.05) is 20.8 Å². The Morgan fingerprint density at radius 1 is 1.17 bits per heavy atom. The molecule has 3 N–H and O–H groups in total. The molecule has 0 saturated heterocycles. The molecule has 1 rings (SSSR count). The standard InChI is InChI=1S/C15H24N2O5S/c1-11(2)9-17(10-12(3)8-16-15(19)20)23(21,22)14-6-4-13(18)5-7-14/h4-7,11-12,16,18H,8-10H2,1-3H3,(H,19,20). The number of hydrogen-bond donors (Lipinski definition) is 3. The number of amides is 1. The van der Waals surface area contributed by atoms with Gasteiger partial charge >= 0.3 is 6.09 Å². The Kier molecular flexibility index (Phi) is 6.83. The lowest BCUT2D eigenvalue weighted by Crippen LogP contribution is -2.40. The van der Waals surface area contributed by atoms with E-state index in [-0.39, 0.29) is 35.6 Å². The van der Waals surface area contributed by atoms with Crippen LogP contribution in [0.4, 0.5) is 4.79 Å². The van der Waals surface area contributed by atoms with Gasteiger partial charge in [0, 0.05) is 19.6 Å². The molecule has 1 atom stereocenters. The lowest BCUT2D eigenvalue weighted by molar-refractivity contribution is 0.191. The van der Waals surface area contributed by atoms with E-state index in [1.807, 2.05) is 13.8 Å². The van der Waals surface area contributed by atoms with Crippen LogP contribution in [0.2, 0.25) is 0 Å². The zero-order chi connectivity index (χ0) is 17.6. The van der Waals surface area contributed by atoms with Crippen molar-refractivity contribution in [3.8, 4) is 5.75 Å². The molecule has 7 nitrogen and oxygen atoms in total. The smallest absolute Gasteiger partial charge is 0.404 e. The molecule has 0 aliphatic rings. The van der Waals surface area contributed by atoms with Crippen molar-refractivity contribution < 1.29 is 23.4 Å². The first-order chi connectivity index (χ1) is 10.6. The Hall–Kier alpha value is -1.80. The van der Waals surface area contributed by atoms with Gasteiger partial charge in [0.25, 0.3) is 0 Å². The van der Waals surface area contributed by atoms with E-state index in [4.69, 9.17) is 5.11 Å². The van der Waals surface area contributed by atoms with Crippen molar-refractivity contribution in [1.29, 1.82) is 0 Å². The number of carboxylic acid groups (broad SMARTS) is 1. The number of sulfonamides is 1. The van der Waals surface area contributed by atoms with Crippen LogP contribution in [0.25, 0.3) is 0 Å². The first-order valence-corrected chi connectivity index (χ1v) is 8.83. The summed E-state index contributed by atoms with van der Waals surface area (Å²) in [6.07, 6.45) is -1.13. The molecule has 0 bridgehead atoms. The zero-order valence-corrected chi connectivity index (χ0v) is 14.4. The lowest BCUT2D eigenvalue weighted by atomic mass is 10.1. The average molecular weight is 344 g/mol. The number of carbonyl (C=O) groups is 1. The van der Waals surface area contributed by atoms with Gasteiger partial charge in [-0.25, -0.2) is 13.2 Å². The fraction of sp³-hybridized carbons (Fsp3) is 0.533. The molecule has 130 valence electrons.